The van der Waals surface area contributed by atoms with Crippen LogP contribution in [0, 0.1) is 28.6 Å². The van der Waals surface area contributed by atoms with E-state index >= 15 is 0 Å². The molecule has 3 aliphatic carbocycles. The van der Waals surface area contributed by atoms with Gasteiger partial charge < -0.3 is 14.4 Å². The largest absolute Gasteiger partial charge is 0.498 e. The number of hydrogen-bond acceptors (Lipinski definition) is 4. The van der Waals surface area contributed by atoms with Gasteiger partial charge in [0.2, 0.25) is 0 Å². The van der Waals surface area contributed by atoms with Crippen LogP contribution >= 0.6 is 0 Å². The second-order valence-electron chi connectivity index (χ2n) is 9.68. The van der Waals surface area contributed by atoms with Crippen molar-refractivity contribution >= 4 is 5.97 Å². The third-order valence-corrected chi connectivity index (χ3v) is 8.74. The molecule has 4 heteroatoms. The summed E-state index contributed by atoms with van der Waals surface area (Å²) in [5, 5.41) is 0. The molecule has 0 aromatic heterocycles. The minimum absolute atomic E-state index is 0.0117. The molecule has 0 radical (unpaired) electrons. The standard InChI is InChI=1S/C23H33NO3/c1-4-17-9-10-22(14-27-17)16-7-5-15-6-8-18-19(21(25)26-3)11-23(22,20(15)18)13-24(2)12-16/h9,16,18-19H,4-8,10-14H2,1-3H3/t16-,18+,19+,22+,23-/m0/s1. The molecule has 148 valence electrons. The maximum Gasteiger partial charge on any atom is 0.309 e. The van der Waals surface area contributed by atoms with Crippen LogP contribution in [-0.4, -0.2) is 44.7 Å². The van der Waals surface area contributed by atoms with Gasteiger partial charge >= 0.3 is 5.97 Å². The van der Waals surface area contributed by atoms with Crippen LogP contribution in [0.1, 0.15) is 51.9 Å². The lowest BCUT2D eigenvalue weighted by atomic mass is 9.51. The van der Waals surface area contributed by atoms with Crippen molar-refractivity contribution in [2.45, 2.75) is 51.9 Å². The zero-order valence-corrected chi connectivity index (χ0v) is 17.1. The third-order valence-electron chi connectivity index (χ3n) is 8.74. The number of carbonyl (C=O) groups excluding carboxylic acids is 1. The molecule has 4 nitrogen and oxygen atoms in total. The third kappa shape index (κ3) is 2.22. The number of ether oxygens (including phenoxy) is 2. The highest BCUT2D eigenvalue weighted by molar-refractivity contribution is 5.75. The minimum atomic E-state index is 0.0117. The molecule has 2 aliphatic heterocycles. The van der Waals surface area contributed by atoms with Gasteiger partial charge in [0.15, 0.2) is 0 Å². The van der Waals surface area contributed by atoms with Crippen LogP contribution in [0.15, 0.2) is 23.0 Å². The average molecular weight is 372 g/mol. The number of carbonyl (C=O) groups is 1. The number of likely N-dealkylation sites (tertiary alicyclic amines) is 1. The highest BCUT2D eigenvalue weighted by Gasteiger charge is 2.68. The molecular weight excluding hydrogens is 338 g/mol. The summed E-state index contributed by atoms with van der Waals surface area (Å²) in [5.41, 5.74) is 3.60. The summed E-state index contributed by atoms with van der Waals surface area (Å²) >= 11 is 0. The highest BCUT2D eigenvalue weighted by Crippen LogP contribution is 2.71. The molecule has 5 rings (SSSR count). The first-order valence-electron chi connectivity index (χ1n) is 10.9. The van der Waals surface area contributed by atoms with Crippen molar-refractivity contribution < 1.29 is 14.3 Å². The summed E-state index contributed by atoms with van der Waals surface area (Å²) in [6.45, 7) is 5.25. The summed E-state index contributed by atoms with van der Waals surface area (Å²) in [6.07, 6.45) is 10.3. The first-order chi connectivity index (χ1) is 13.0. The topological polar surface area (TPSA) is 38.8 Å². The summed E-state index contributed by atoms with van der Waals surface area (Å²) in [7, 11) is 3.84. The Morgan fingerprint density at radius 1 is 1.37 bits per heavy atom. The summed E-state index contributed by atoms with van der Waals surface area (Å²) < 4.78 is 11.6. The lowest BCUT2D eigenvalue weighted by Gasteiger charge is -2.59. The van der Waals surface area contributed by atoms with Gasteiger partial charge in [-0.25, -0.2) is 0 Å². The van der Waals surface area contributed by atoms with Crippen LogP contribution in [0.3, 0.4) is 0 Å². The van der Waals surface area contributed by atoms with Crippen molar-refractivity contribution in [3.8, 4) is 0 Å². The molecule has 0 unspecified atom stereocenters. The van der Waals surface area contributed by atoms with E-state index in [9.17, 15) is 4.79 Å². The molecule has 1 saturated heterocycles. The quantitative estimate of drug-likeness (QED) is 0.545. The van der Waals surface area contributed by atoms with Crippen molar-refractivity contribution in [3.05, 3.63) is 23.0 Å². The van der Waals surface area contributed by atoms with E-state index in [1.807, 2.05) is 0 Å². The monoisotopic (exact) mass is 371 g/mol. The van der Waals surface area contributed by atoms with Gasteiger partial charge in [0.1, 0.15) is 0 Å². The minimum Gasteiger partial charge on any atom is -0.498 e. The number of methoxy groups -OCH3 is 1. The second-order valence-corrected chi connectivity index (χ2v) is 9.68. The summed E-state index contributed by atoms with van der Waals surface area (Å²) in [6, 6.07) is 0. The molecule has 2 fully saturated rings. The van der Waals surface area contributed by atoms with Gasteiger partial charge in [0.25, 0.3) is 0 Å². The lowest BCUT2D eigenvalue weighted by molar-refractivity contribution is -0.149. The van der Waals surface area contributed by atoms with Gasteiger partial charge in [-0.1, -0.05) is 18.1 Å². The van der Waals surface area contributed by atoms with Gasteiger partial charge in [-0.3, -0.25) is 4.79 Å². The molecule has 2 spiro atoms. The van der Waals surface area contributed by atoms with Crippen LogP contribution in [0.5, 0.6) is 0 Å². The van der Waals surface area contributed by atoms with Crippen molar-refractivity contribution in [3.63, 3.8) is 0 Å². The van der Waals surface area contributed by atoms with E-state index in [2.05, 4.69) is 24.9 Å². The second kappa shape index (κ2) is 6.10. The van der Waals surface area contributed by atoms with E-state index in [4.69, 9.17) is 9.47 Å². The van der Waals surface area contributed by atoms with Gasteiger partial charge in [-0.2, -0.15) is 0 Å². The van der Waals surface area contributed by atoms with Crippen LogP contribution in [0.2, 0.25) is 0 Å². The zero-order chi connectivity index (χ0) is 18.8. The Morgan fingerprint density at radius 3 is 2.89 bits per heavy atom. The number of esters is 1. The Morgan fingerprint density at radius 2 is 2.19 bits per heavy atom. The molecule has 27 heavy (non-hydrogen) atoms. The van der Waals surface area contributed by atoms with Gasteiger partial charge in [0.05, 0.1) is 25.4 Å². The first-order valence-corrected chi connectivity index (χ1v) is 10.9. The Kier molecular flexibility index (Phi) is 4.02. The van der Waals surface area contributed by atoms with Crippen LogP contribution in [-0.2, 0) is 14.3 Å². The molecule has 5 aliphatic rings. The van der Waals surface area contributed by atoms with E-state index in [0.29, 0.717) is 11.8 Å². The van der Waals surface area contributed by atoms with Gasteiger partial charge in [-0.15, -0.1) is 0 Å². The number of nitrogens with zero attached hydrogens (tertiary/aromatic N) is 1. The molecule has 0 aromatic carbocycles. The number of hydrogen-bond donors (Lipinski definition) is 0. The van der Waals surface area contributed by atoms with Crippen LogP contribution < -0.4 is 0 Å². The Labute approximate surface area is 163 Å². The van der Waals surface area contributed by atoms with Crippen LogP contribution in [0.25, 0.3) is 0 Å². The Bertz CT molecular complexity index is 725. The maximum atomic E-state index is 12.7. The van der Waals surface area contributed by atoms with Crippen molar-refractivity contribution in [1.82, 2.24) is 4.90 Å². The van der Waals surface area contributed by atoms with E-state index in [1.165, 1.54) is 19.3 Å². The highest BCUT2D eigenvalue weighted by atomic mass is 16.5. The molecule has 0 amide bonds. The van der Waals surface area contributed by atoms with Crippen molar-refractivity contribution in [1.29, 1.82) is 0 Å². The fraction of sp³-hybridized carbons (Fsp3) is 0.783. The van der Waals surface area contributed by atoms with Crippen molar-refractivity contribution in [2.75, 3.05) is 33.9 Å². The van der Waals surface area contributed by atoms with Crippen LogP contribution in [0.4, 0.5) is 0 Å². The molecule has 0 N–H and O–H groups in total. The van der Waals surface area contributed by atoms with Gasteiger partial charge in [0, 0.05) is 30.3 Å². The number of allylic oxidation sites excluding steroid dienone is 3. The Hall–Kier alpha value is -1.29. The van der Waals surface area contributed by atoms with E-state index in [1.54, 1.807) is 18.3 Å². The van der Waals surface area contributed by atoms with Gasteiger partial charge in [-0.05, 0) is 63.5 Å². The SMILES string of the molecule is CCC1=CC[C@@]2(CO1)[C@H]1CCC3=C4[C@H](CC3)[C@H](C(=O)OC)C[C@]42CN(C)C1. The number of rotatable bonds is 2. The molecule has 1 saturated carbocycles. The number of piperidine rings is 1. The molecule has 2 bridgehead atoms. The fourth-order valence-electron chi connectivity index (χ4n) is 7.71. The lowest BCUT2D eigenvalue weighted by Crippen LogP contribution is -2.61. The maximum absolute atomic E-state index is 12.7. The smallest absolute Gasteiger partial charge is 0.309 e. The fourth-order valence-corrected chi connectivity index (χ4v) is 7.71. The normalized spacial score (nSPS) is 43.2. The predicted molar refractivity (Wildman–Crippen MR) is 104 cm³/mol. The van der Waals surface area contributed by atoms with Crippen molar-refractivity contribution in [2.24, 2.45) is 28.6 Å². The average Bonchev–Trinajstić information content (AvgIpc) is 3.22. The molecule has 5 atom stereocenters. The molecule has 2 heterocycles. The van der Waals surface area contributed by atoms with E-state index in [0.717, 1.165) is 51.1 Å². The Balaban J connectivity index is 1.67. The summed E-state index contributed by atoms with van der Waals surface area (Å²) in [4.78, 5) is 15.3. The zero-order valence-electron chi connectivity index (χ0n) is 17.1. The molecule has 0 aromatic rings. The predicted octanol–water partition coefficient (Wildman–Crippen LogP) is 3.93. The molecular formula is C23H33NO3. The summed E-state index contributed by atoms with van der Waals surface area (Å²) in [5.74, 6) is 2.27. The van der Waals surface area contributed by atoms with E-state index in [-0.39, 0.29) is 22.7 Å². The van der Waals surface area contributed by atoms with E-state index < -0.39 is 0 Å². The first kappa shape index (κ1) is 17.8.